The molecule has 20 heavy (non-hydrogen) atoms. The minimum absolute atomic E-state index is 0.380. The van der Waals surface area contributed by atoms with Gasteiger partial charge >= 0.3 is 6.09 Å². The van der Waals surface area contributed by atoms with Crippen molar-refractivity contribution in [3.63, 3.8) is 0 Å². The van der Waals surface area contributed by atoms with Gasteiger partial charge in [-0.1, -0.05) is 22.0 Å². The smallest absolute Gasteiger partial charge is 0.407 e. The lowest BCUT2D eigenvalue weighted by atomic mass is 10.2. The first-order chi connectivity index (χ1) is 9.35. The second-order valence-electron chi connectivity index (χ2n) is 5.67. The van der Waals surface area contributed by atoms with Gasteiger partial charge in [-0.25, -0.2) is 4.79 Å². The maximum Gasteiger partial charge on any atom is 0.407 e. The molecule has 0 saturated carbocycles. The van der Waals surface area contributed by atoms with Gasteiger partial charge < -0.3 is 15.0 Å². The summed E-state index contributed by atoms with van der Waals surface area (Å²) in [6.07, 6.45) is 0.357. The minimum Gasteiger partial charge on any atom is -0.444 e. The van der Waals surface area contributed by atoms with Gasteiger partial charge in [-0.3, -0.25) is 0 Å². The van der Waals surface area contributed by atoms with E-state index in [0.29, 0.717) is 6.54 Å². The van der Waals surface area contributed by atoms with Crippen molar-refractivity contribution in [1.82, 2.24) is 10.3 Å². The quantitative estimate of drug-likeness (QED) is 0.888. The molecule has 0 aliphatic heterocycles. The average molecular weight is 339 g/mol. The Hall–Kier alpha value is -1.49. The molecule has 0 atom stereocenters. The van der Waals surface area contributed by atoms with E-state index in [2.05, 4.69) is 32.3 Å². The largest absolute Gasteiger partial charge is 0.444 e. The van der Waals surface area contributed by atoms with E-state index >= 15 is 0 Å². The van der Waals surface area contributed by atoms with E-state index in [1.165, 1.54) is 0 Å². The van der Waals surface area contributed by atoms with Crippen LogP contribution >= 0.6 is 15.9 Å². The molecule has 0 bridgehead atoms. The van der Waals surface area contributed by atoms with Gasteiger partial charge in [0.2, 0.25) is 0 Å². The Balaban J connectivity index is 1.90. The molecule has 2 rings (SSSR count). The van der Waals surface area contributed by atoms with Crippen LogP contribution in [-0.2, 0) is 11.2 Å². The summed E-state index contributed by atoms with van der Waals surface area (Å²) in [6, 6.07) is 8.13. The SMILES string of the molecule is CC(C)(C)OC(=O)NCCc1cc2c(Br)cccc2[nH]1. The molecular formula is C15H19BrN2O2. The zero-order valence-corrected chi connectivity index (χ0v) is 13.5. The number of rotatable bonds is 3. The number of aromatic amines is 1. The number of aromatic nitrogens is 1. The average Bonchev–Trinajstić information content (AvgIpc) is 2.71. The molecular weight excluding hydrogens is 320 g/mol. The number of nitrogens with one attached hydrogen (secondary N) is 2. The zero-order valence-electron chi connectivity index (χ0n) is 11.9. The van der Waals surface area contributed by atoms with E-state index < -0.39 is 5.60 Å². The highest BCUT2D eigenvalue weighted by Gasteiger charge is 2.15. The van der Waals surface area contributed by atoms with Crippen molar-refractivity contribution in [2.24, 2.45) is 0 Å². The van der Waals surface area contributed by atoms with Gasteiger partial charge in [0.25, 0.3) is 0 Å². The van der Waals surface area contributed by atoms with Gasteiger partial charge in [0.1, 0.15) is 5.60 Å². The molecule has 1 heterocycles. The van der Waals surface area contributed by atoms with Crippen LogP contribution in [0.3, 0.4) is 0 Å². The van der Waals surface area contributed by atoms with Crippen LogP contribution in [0.2, 0.25) is 0 Å². The normalized spacial score (nSPS) is 11.6. The summed E-state index contributed by atoms with van der Waals surface area (Å²) >= 11 is 3.52. The van der Waals surface area contributed by atoms with Crippen molar-refractivity contribution in [3.8, 4) is 0 Å². The number of halogens is 1. The number of hydrogen-bond donors (Lipinski definition) is 2. The van der Waals surface area contributed by atoms with E-state index in [0.717, 1.165) is 27.5 Å². The Labute approximate surface area is 127 Å². The van der Waals surface area contributed by atoms with Crippen molar-refractivity contribution in [2.45, 2.75) is 32.8 Å². The second-order valence-corrected chi connectivity index (χ2v) is 6.53. The van der Waals surface area contributed by atoms with Crippen LogP contribution in [-0.4, -0.2) is 23.2 Å². The number of ether oxygens (including phenoxy) is 1. The standard InChI is InChI=1S/C15H19BrN2O2/c1-15(2,3)20-14(19)17-8-7-10-9-11-12(16)5-4-6-13(11)18-10/h4-6,9,18H,7-8H2,1-3H3,(H,17,19). The number of amides is 1. The van der Waals surface area contributed by atoms with Crippen LogP contribution in [0.1, 0.15) is 26.5 Å². The zero-order chi connectivity index (χ0) is 14.8. The molecule has 0 aliphatic carbocycles. The molecule has 2 aromatic rings. The number of carbonyl (C=O) groups excluding carboxylic acids is 1. The molecule has 108 valence electrons. The number of carbonyl (C=O) groups is 1. The van der Waals surface area contributed by atoms with Crippen molar-refractivity contribution in [2.75, 3.05) is 6.54 Å². The van der Waals surface area contributed by atoms with E-state index in [4.69, 9.17) is 4.74 Å². The fourth-order valence-corrected chi connectivity index (χ4v) is 2.40. The van der Waals surface area contributed by atoms with Crippen LogP contribution in [0.4, 0.5) is 4.79 Å². The fraction of sp³-hybridized carbons (Fsp3) is 0.400. The third kappa shape index (κ3) is 4.00. The van der Waals surface area contributed by atoms with Gasteiger partial charge in [-0.05, 0) is 39.0 Å². The van der Waals surface area contributed by atoms with Crippen molar-refractivity contribution in [3.05, 3.63) is 34.4 Å². The van der Waals surface area contributed by atoms with Crippen LogP contribution in [0.25, 0.3) is 10.9 Å². The monoisotopic (exact) mass is 338 g/mol. The van der Waals surface area contributed by atoms with Crippen molar-refractivity contribution < 1.29 is 9.53 Å². The second kappa shape index (κ2) is 5.87. The van der Waals surface area contributed by atoms with E-state index in [1.807, 2.05) is 39.0 Å². The predicted octanol–water partition coefficient (Wildman–Crippen LogP) is 4.00. The van der Waals surface area contributed by atoms with Gasteiger partial charge in [0, 0.05) is 34.0 Å². The summed E-state index contributed by atoms with van der Waals surface area (Å²) in [4.78, 5) is 14.9. The molecule has 0 spiro atoms. The molecule has 5 heteroatoms. The number of benzene rings is 1. The maximum atomic E-state index is 11.5. The molecule has 0 unspecified atom stereocenters. The summed E-state index contributed by atoms with van der Waals surface area (Å²) in [5, 5.41) is 3.91. The highest BCUT2D eigenvalue weighted by atomic mass is 79.9. The molecule has 4 nitrogen and oxygen atoms in total. The lowest BCUT2D eigenvalue weighted by Gasteiger charge is -2.19. The summed E-state index contributed by atoms with van der Waals surface area (Å²) < 4.78 is 6.25. The van der Waals surface area contributed by atoms with Gasteiger partial charge in [-0.2, -0.15) is 0 Å². The van der Waals surface area contributed by atoms with Crippen molar-refractivity contribution in [1.29, 1.82) is 0 Å². The van der Waals surface area contributed by atoms with E-state index in [9.17, 15) is 4.79 Å². The van der Waals surface area contributed by atoms with Gasteiger partial charge in [0.05, 0.1) is 0 Å². The molecule has 0 fully saturated rings. The Kier molecular flexibility index (Phi) is 4.38. The van der Waals surface area contributed by atoms with E-state index in [1.54, 1.807) is 0 Å². The molecule has 2 N–H and O–H groups in total. The maximum absolute atomic E-state index is 11.5. The van der Waals surface area contributed by atoms with Gasteiger partial charge in [-0.15, -0.1) is 0 Å². The molecule has 0 saturated heterocycles. The molecule has 0 radical (unpaired) electrons. The topological polar surface area (TPSA) is 54.1 Å². The molecule has 0 aliphatic rings. The van der Waals surface area contributed by atoms with Crippen LogP contribution in [0.15, 0.2) is 28.7 Å². The lowest BCUT2D eigenvalue weighted by Crippen LogP contribution is -2.33. The number of fused-ring (bicyclic) bond motifs is 1. The Morgan fingerprint density at radius 1 is 1.40 bits per heavy atom. The highest BCUT2D eigenvalue weighted by Crippen LogP contribution is 2.24. The first kappa shape index (κ1) is 14.9. The van der Waals surface area contributed by atoms with Crippen LogP contribution in [0.5, 0.6) is 0 Å². The van der Waals surface area contributed by atoms with Gasteiger partial charge in [0.15, 0.2) is 0 Å². The minimum atomic E-state index is -0.462. The highest BCUT2D eigenvalue weighted by molar-refractivity contribution is 9.10. The summed E-state index contributed by atoms with van der Waals surface area (Å²) in [7, 11) is 0. The fourth-order valence-electron chi connectivity index (χ4n) is 1.92. The number of hydrogen-bond acceptors (Lipinski definition) is 2. The van der Waals surface area contributed by atoms with Crippen LogP contribution in [0, 0.1) is 0 Å². The molecule has 1 aromatic heterocycles. The Morgan fingerprint density at radius 2 is 2.15 bits per heavy atom. The Morgan fingerprint density at radius 3 is 2.80 bits per heavy atom. The Bertz CT molecular complexity index is 614. The lowest BCUT2D eigenvalue weighted by molar-refractivity contribution is 0.0528. The number of alkyl carbamates (subject to hydrolysis) is 1. The third-order valence-corrected chi connectivity index (χ3v) is 3.42. The summed E-state index contributed by atoms with van der Waals surface area (Å²) in [6.45, 7) is 6.09. The summed E-state index contributed by atoms with van der Waals surface area (Å²) in [5.41, 5.74) is 1.71. The van der Waals surface area contributed by atoms with Crippen molar-refractivity contribution >= 4 is 32.9 Å². The molecule has 1 amide bonds. The first-order valence-electron chi connectivity index (χ1n) is 6.58. The third-order valence-electron chi connectivity index (χ3n) is 2.73. The molecule has 1 aromatic carbocycles. The predicted molar refractivity (Wildman–Crippen MR) is 83.9 cm³/mol. The first-order valence-corrected chi connectivity index (χ1v) is 7.37. The van der Waals surface area contributed by atoms with Crippen LogP contribution < -0.4 is 5.32 Å². The number of H-pyrrole nitrogens is 1. The van der Waals surface area contributed by atoms with E-state index in [-0.39, 0.29) is 6.09 Å². The summed E-state index contributed by atoms with van der Waals surface area (Å²) in [5.74, 6) is 0.